The van der Waals surface area contributed by atoms with Gasteiger partial charge in [-0.15, -0.1) is 0 Å². The maximum Gasteiger partial charge on any atom is 0.170 e. The predicted molar refractivity (Wildman–Crippen MR) is 502 cm³/mol. The summed E-state index contributed by atoms with van der Waals surface area (Å²) in [7, 11) is 0. The lowest BCUT2D eigenvalue weighted by Crippen LogP contribution is -2.28. The third-order valence-electron chi connectivity index (χ3n) is 24.6. The van der Waals surface area contributed by atoms with E-state index in [-0.39, 0.29) is 0 Å². The molecule has 0 saturated carbocycles. The number of rotatable bonds is 14. The molecule has 18 aromatic carbocycles. The topological polar surface area (TPSA) is 114 Å². The minimum atomic E-state index is -0.590. The largest absolute Gasteiger partial charge is 0.450 e. The molecule has 0 N–H and O–H groups in total. The van der Waals surface area contributed by atoms with Gasteiger partial charge >= 0.3 is 0 Å². The van der Waals surface area contributed by atoms with E-state index in [1.807, 2.05) is 182 Å². The fourth-order valence-electron chi connectivity index (χ4n) is 18.6. The van der Waals surface area contributed by atoms with E-state index in [2.05, 4.69) is 267 Å². The van der Waals surface area contributed by atoms with Crippen molar-refractivity contribution in [2.24, 2.45) is 0 Å². The van der Waals surface area contributed by atoms with Crippen molar-refractivity contribution in [2.75, 3.05) is 0 Å². The Morgan fingerprint density at radius 3 is 0.619 bits per heavy atom. The number of ether oxygens (including phenoxy) is 4. The van der Waals surface area contributed by atoms with Crippen molar-refractivity contribution < 1.29 is 18.9 Å². The Morgan fingerprint density at radius 1 is 0.135 bits per heavy atom. The summed E-state index contributed by atoms with van der Waals surface area (Å²) in [4.78, 5) is 29.4. The summed E-state index contributed by atoms with van der Waals surface area (Å²) in [6.07, 6.45) is 0. The van der Waals surface area contributed by atoms with Crippen molar-refractivity contribution >= 4 is 0 Å². The molecular weight excluding hydrogens is 1540 g/mol. The number of fused-ring (bicyclic) bond motifs is 10. The number of nitrogens with zero attached hydrogens (tertiary/aromatic N) is 6. The van der Waals surface area contributed by atoms with Crippen LogP contribution < -0.4 is 18.9 Å². The molecule has 10 nitrogen and oxygen atoms in total. The Morgan fingerprint density at radius 2 is 0.333 bits per heavy atom. The van der Waals surface area contributed by atoms with Crippen molar-refractivity contribution in [3.05, 3.63) is 493 Å². The molecule has 0 radical (unpaired) electrons. The SMILES string of the molecule is c1ccc(-c2nc(-c3ccccc3)nc(-c3ccc(-c4ccc(-c5ccc(C6(c7ccc8c(c7)Oc7ccccc7O8)c7ccccc7-c7ccccc76)cc5)cc4)cc3)n2)cc1.c1ccc(-c2nc(-c3ccccc3)nc(-c3ccc(-c4cccc(-c5ccc(C6(c7ccc8c(c7)Oc7ccccc7O8)c7ccccc7-c7ccccc76)cc5)c4)cc3)n2)cc1. The fraction of sp³-hybridized carbons (Fsp3) is 0.0172. The van der Waals surface area contributed by atoms with Gasteiger partial charge in [0.05, 0.1) is 10.8 Å². The average molecular weight is 1620 g/mol. The Labute approximate surface area is 729 Å². The van der Waals surface area contributed by atoms with E-state index in [0.29, 0.717) is 69.4 Å². The maximum atomic E-state index is 6.50. The van der Waals surface area contributed by atoms with Crippen LogP contribution in [0, 0.1) is 0 Å². The molecule has 0 unspecified atom stereocenters. The van der Waals surface area contributed by atoms with Crippen LogP contribution in [0.5, 0.6) is 46.0 Å². The standard InChI is InChI=1S/2C58H37N3O2/c1-3-14-40(15-4-1)55-59-56(41-16-5-2-6-17-41)61-57(60-55)42-28-26-38(27-29-42)43-18-13-19-44(36-43)39-30-32-45(33-31-39)58(49-22-9-7-20-47(49)48-21-8-10-23-50(48)58)46-34-35-53-54(37-46)63-52-25-12-11-24-51(52)62-53;1-3-13-42(14-4-1)55-59-56(43-15-5-2-6-16-43)61-57(60-55)44-29-27-40(28-30-44)38-23-25-39(26-24-38)41-31-33-45(34-32-41)58(49-19-9-7-17-47(49)48-18-8-10-20-50(48)58)46-35-36-53-54(37-46)63-52-22-12-11-21-51(52)62-53/h2*1-37H. The fourth-order valence-corrected chi connectivity index (χ4v) is 18.6. The number of para-hydroxylation sites is 4. The van der Waals surface area contributed by atoms with Crippen molar-refractivity contribution in [1.29, 1.82) is 0 Å². The molecule has 4 aliphatic rings. The van der Waals surface area contributed by atoms with Gasteiger partial charge in [-0.25, -0.2) is 29.9 Å². The molecular formula is C116H74N6O4. The first-order chi connectivity index (χ1) is 62.4. The van der Waals surface area contributed by atoms with Crippen LogP contribution in [-0.2, 0) is 10.8 Å². The molecule has 0 fully saturated rings. The van der Waals surface area contributed by atoms with Crippen molar-refractivity contribution in [1.82, 2.24) is 29.9 Å². The first-order valence-electron chi connectivity index (χ1n) is 42.3. The summed E-state index contributed by atoms with van der Waals surface area (Å²) in [6.45, 7) is 0. The van der Waals surface area contributed by atoms with E-state index in [1.54, 1.807) is 0 Å². The van der Waals surface area contributed by atoms with E-state index in [1.165, 1.54) is 55.6 Å². The zero-order valence-corrected chi connectivity index (χ0v) is 68.0. The molecule has 2 aromatic heterocycles. The van der Waals surface area contributed by atoms with E-state index < -0.39 is 10.8 Å². The van der Waals surface area contributed by atoms with E-state index >= 15 is 0 Å². The molecule has 2 aliphatic carbocycles. The van der Waals surface area contributed by atoms with E-state index in [9.17, 15) is 0 Å². The summed E-state index contributed by atoms with van der Waals surface area (Å²) < 4.78 is 25.6. The van der Waals surface area contributed by atoms with Gasteiger partial charge in [0.25, 0.3) is 0 Å². The van der Waals surface area contributed by atoms with Crippen LogP contribution in [0.4, 0.5) is 0 Å². The highest BCUT2D eigenvalue weighted by Gasteiger charge is 2.48. The molecule has 20 aromatic rings. The molecule has 0 bridgehead atoms. The molecule has 126 heavy (non-hydrogen) atoms. The molecule has 0 amide bonds. The van der Waals surface area contributed by atoms with Crippen molar-refractivity contribution in [2.45, 2.75) is 10.8 Å². The second kappa shape index (κ2) is 31.3. The Hall–Kier alpha value is -16.8. The minimum absolute atomic E-state index is 0.579. The monoisotopic (exact) mass is 1610 g/mol. The summed E-state index contributed by atoms with van der Waals surface area (Å²) in [5, 5.41) is 0. The average Bonchev–Trinajstić information content (AvgIpc) is 1.51. The van der Waals surface area contributed by atoms with Crippen LogP contribution in [-0.4, -0.2) is 29.9 Å². The summed E-state index contributed by atoms with van der Waals surface area (Å²) >= 11 is 0. The quantitative estimate of drug-likeness (QED) is 0.104. The number of aromatic nitrogens is 6. The lowest BCUT2D eigenvalue weighted by atomic mass is 9.67. The van der Waals surface area contributed by atoms with Gasteiger partial charge in [-0.3, -0.25) is 0 Å². The predicted octanol–water partition coefficient (Wildman–Crippen LogP) is 28.9. The van der Waals surface area contributed by atoms with Gasteiger partial charge < -0.3 is 18.9 Å². The summed E-state index contributed by atoms with van der Waals surface area (Å²) in [5.41, 5.74) is 28.0. The lowest BCUT2D eigenvalue weighted by molar-refractivity contribution is 0.359. The summed E-state index contributed by atoms with van der Waals surface area (Å²) in [5.74, 6) is 9.55. The van der Waals surface area contributed by atoms with Crippen molar-refractivity contribution in [3.8, 4) is 181 Å². The van der Waals surface area contributed by atoms with Gasteiger partial charge in [0.15, 0.2) is 80.9 Å². The molecule has 4 heterocycles. The zero-order chi connectivity index (χ0) is 83.5. The smallest absolute Gasteiger partial charge is 0.170 e. The van der Waals surface area contributed by atoms with Gasteiger partial charge in [0.1, 0.15) is 0 Å². The number of hydrogen-bond donors (Lipinski definition) is 0. The zero-order valence-electron chi connectivity index (χ0n) is 68.0. The van der Waals surface area contributed by atoms with Crippen LogP contribution in [0.2, 0.25) is 0 Å². The number of benzene rings is 18. The molecule has 0 spiro atoms. The third kappa shape index (κ3) is 13.1. The highest BCUT2D eigenvalue weighted by Crippen LogP contribution is 2.61. The lowest BCUT2D eigenvalue weighted by Gasteiger charge is -2.34. The van der Waals surface area contributed by atoms with Crippen LogP contribution in [0.3, 0.4) is 0 Å². The van der Waals surface area contributed by atoms with Crippen molar-refractivity contribution in [3.63, 3.8) is 0 Å². The molecule has 24 rings (SSSR count). The highest BCUT2D eigenvalue weighted by atomic mass is 16.6. The van der Waals surface area contributed by atoms with E-state index in [0.717, 1.165) is 101 Å². The summed E-state index contributed by atoms with van der Waals surface area (Å²) in [6, 6.07) is 157. The van der Waals surface area contributed by atoms with Crippen LogP contribution in [0.1, 0.15) is 44.5 Å². The van der Waals surface area contributed by atoms with Gasteiger partial charge in [0, 0.05) is 33.4 Å². The molecule has 2 aliphatic heterocycles. The van der Waals surface area contributed by atoms with Gasteiger partial charge in [-0.1, -0.05) is 394 Å². The second-order valence-electron chi connectivity index (χ2n) is 31.9. The molecule has 10 heteroatoms. The van der Waals surface area contributed by atoms with Gasteiger partial charge in [-0.05, 0) is 166 Å². The Bertz CT molecular complexity index is 7340. The number of hydrogen-bond acceptors (Lipinski definition) is 10. The minimum Gasteiger partial charge on any atom is -0.450 e. The highest BCUT2D eigenvalue weighted by molar-refractivity contribution is 5.90. The first kappa shape index (κ1) is 74.3. The molecule has 0 saturated heterocycles. The normalized spacial score (nSPS) is 12.8. The molecule has 0 atom stereocenters. The van der Waals surface area contributed by atoms with Gasteiger partial charge in [-0.2, -0.15) is 0 Å². The molecule has 592 valence electrons. The third-order valence-corrected chi connectivity index (χ3v) is 24.6. The van der Waals surface area contributed by atoms with Gasteiger partial charge in [0.2, 0.25) is 0 Å². The maximum absolute atomic E-state index is 6.50. The van der Waals surface area contributed by atoms with Crippen LogP contribution in [0.25, 0.3) is 135 Å². The van der Waals surface area contributed by atoms with Crippen LogP contribution in [0.15, 0.2) is 449 Å². The Kier molecular flexibility index (Phi) is 18.5. The van der Waals surface area contributed by atoms with E-state index in [4.69, 9.17) is 48.9 Å². The Balaban J connectivity index is 0.000000145. The first-order valence-corrected chi connectivity index (χ1v) is 42.3. The second-order valence-corrected chi connectivity index (χ2v) is 31.9. The van der Waals surface area contributed by atoms with Crippen LogP contribution >= 0.6 is 0 Å².